The fraction of sp³-hybridized carbons (Fsp3) is 0.455. The summed E-state index contributed by atoms with van der Waals surface area (Å²) >= 11 is 0. The molecule has 0 atom stereocenters. The second kappa shape index (κ2) is 10.3. The van der Waals surface area contributed by atoms with Crippen LogP contribution in [0, 0.1) is 0 Å². The highest BCUT2D eigenvalue weighted by molar-refractivity contribution is 5.62. The van der Waals surface area contributed by atoms with Crippen LogP contribution in [0.1, 0.15) is 12.8 Å². The summed E-state index contributed by atoms with van der Waals surface area (Å²) in [5, 5.41) is 0. The van der Waals surface area contributed by atoms with E-state index in [-0.39, 0.29) is 0 Å². The molecule has 140 valence electrons. The van der Waals surface area contributed by atoms with E-state index in [4.69, 9.17) is 5.73 Å². The van der Waals surface area contributed by atoms with Crippen molar-refractivity contribution in [3.8, 4) is 0 Å². The molecule has 4 heteroatoms. The number of rotatable bonds is 9. The molecular formula is C22H32N4. The van der Waals surface area contributed by atoms with Gasteiger partial charge in [0.15, 0.2) is 0 Å². The first-order valence-electron chi connectivity index (χ1n) is 9.89. The molecule has 3 rings (SSSR count). The standard InChI is InChI=1S/C22H32N4/c23-13-7-14-24-17-19-25(20-18-24)15-8-16-26(21-9-3-1-4-10-21)22-11-5-2-6-12-22/h1-6,9-12H,7-8,13-20,23H2. The van der Waals surface area contributed by atoms with Crippen molar-refractivity contribution in [1.29, 1.82) is 0 Å². The van der Waals surface area contributed by atoms with Crippen LogP contribution in [0.4, 0.5) is 11.4 Å². The first-order valence-corrected chi connectivity index (χ1v) is 9.89. The van der Waals surface area contributed by atoms with Crippen molar-refractivity contribution in [2.45, 2.75) is 12.8 Å². The molecule has 0 spiro atoms. The van der Waals surface area contributed by atoms with Gasteiger partial charge in [0, 0.05) is 44.1 Å². The lowest BCUT2D eigenvalue weighted by Gasteiger charge is -2.35. The second-order valence-electron chi connectivity index (χ2n) is 7.00. The van der Waals surface area contributed by atoms with Gasteiger partial charge in [-0.15, -0.1) is 0 Å². The lowest BCUT2D eigenvalue weighted by molar-refractivity contribution is 0.131. The molecule has 1 saturated heterocycles. The largest absolute Gasteiger partial charge is 0.341 e. The molecule has 1 aliphatic heterocycles. The maximum Gasteiger partial charge on any atom is 0.0410 e. The number of anilines is 2. The highest BCUT2D eigenvalue weighted by Crippen LogP contribution is 2.25. The molecule has 1 heterocycles. The number of para-hydroxylation sites is 2. The molecule has 0 saturated carbocycles. The highest BCUT2D eigenvalue weighted by Gasteiger charge is 2.16. The van der Waals surface area contributed by atoms with Crippen LogP contribution in [-0.2, 0) is 0 Å². The molecule has 2 N–H and O–H groups in total. The monoisotopic (exact) mass is 352 g/mol. The fourth-order valence-corrected chi connectivity index (χ4v) is 3.63. The summed E-state index contributed by atoms with van der Waals surface area (Å²) in [6.45, 7) is 8.89. The number of nitrogens with zero attached hydrogens (tertiary/aromatic N) is 3. The SMILES string of the molecule is NCCCN1CCN(CCCN(c2ccccc2)c2ccccc2)CC1. The van der Waals surface area contributed by atoms with E-state index >= 15 is 0 Å². The Labute approximate surface area is 158 Å². The molecule has 1 fully saturated rings. The van der Waals surface area contributed by atoms with Crippen LogP contribution < -0.4 is 10.6 Å². The summed E-state index contributed by atoms with van der Waals surface area (Å²) in [5.41, 5.74) is 8.16. The summed E-state index contributed by atoms with van der Waals surface area (Å²) in [4.78, 5) is 7.58. The Bertz CT molecular complexity index is 569. The van der Waals surface area contributed by atoms with Crippen LogP contribution in [0.3, 0.4) is 0 Å². The van der Waals surface area contributed by atoms with Crippen LogP contribution in [0.15, 0.2) is 60.7 Å². The first kappa shape index (κ1) is 18.9. The molecule has 2 aromatic carbocycles. The quantitative estimate of drug-likeness (QED) is 0.752. The summed E-state index contributed by atoms with van der Waals surface area (Å²) in [6, 6.07) is 21.4. The number of hydrogen-bond donors (Lipinski definition) is 1. The Hall–Kier alpha value is -1.88. The lowest BCUT2D eigenvalue weighted by Crippen LogP contribution is -2.47. The van der Waals surface area contributed by atoms with Gasteiger partial charge in [-0.3, -0.25) is 0 Å². The number of hydrogen-bond acceptors (Lipinski definition) is 4. The van der Waals surface area contributed by atoms with Gasteiger partial charge in [-0.05, 0) is 56.7 Å². The van der Waals surface area contributed by atoms with Crippen LogP contribution in [0.25, 0.3) is 0 Å². The Morgan fingerprint density at radius 3 is 1.62 bits per heavy atom. The zero-order chi connectivity index (χ0) is 18.0. The molecule has 1 aliphatic rings. The minimum atomic E-state index is 0.801. The smallest absolute Gasteiger partial charge is 0.0410 e. The van der Waals surface area contributed by atoms with Crippen LogP contribution in [0.2, 0.25) is 0 Å². The van der Waals surface area contributed by atoms with Crippen molar-refractivity contribution in [1.82, 2.24) is 9.80 Å². The third kappa shape index (κ3) is 5.56. The second-order valence-corrected chi connectivity index (χ2v) is 7.00. The van der Waals surface area contributed by atoms with Crippen molar-refractivity contribution >= 4 is 11.4 Å². The van der Waals surface area contributed by atoms with E-state index in [0.717, 1.165) is 26.1 Å². The average Bonchev–Trinajstić information content (AvgIpc) is 2.72. The maximum atomic E-state index is 5.62. The van der Waals surface area contributed by atoms with Gasteiger partial charge in [-0.2, -0.15) is 0 Å². The number of benzene rings is 2. The van der Waals surface area contributed by atoms with Gasteiger partial charge < -0.3 is 20.4 Å². The van der Waals surface area contributed by atoms with E-state index < -0.39 is 0 Å². The van der Waals surface area contributed by atoms with Gasteiger partial charge >= 0.3 is 0 Å². The van der Waals surface area contributed by atoms with Gasteiger partial charge in [0.2, 0.25) is 0 Å². The molecule has 0 amide bonds. The Morgan fingerprint density at radius 1 is 0.692 bits per heavy atom. The molecule has 0 aliphatic carbocycles. The predicted molar refractivity (Wildman–Crippen MR) is 111 cm³/mol. The molecule has 4 nitrogen and oxygen atoms in total. The van der Waals surface area contributed by atoms with E-state index in [0.29, 0.717) is 0 Å². The van der Waals surface area contributed by atoms with Crippen molar-refractivity contribution in [2.75, 3.05) is 57.3 Å². The van der Waals surface area contributed by atoms with Crippen LogP contribution >= 0.6 is 0 Å². The third-order valence-corrected chi connectivity index (χ3v) is 5.14. The van der Waals surface area contributed by atoms with Gasteiger partial charge in [-0.1, -0.05) is 36.4 Å². The average molecular weight is 353 g/mol. The lowest BCUT2D eigenvalue weighted by atomic mass is 10.2. The summed E-state index contributed by atoms with van der Waals surface area (Å²) in [6.07, 6.45) is 2.29. The molecular weight excluding hydrogens is 320 g/mol. The molecule has 0 bridgehead atoms. The number of nitrogens with two attached hydrogens (primary N) is 1. The third-order valence-electron chi connectivity index (χ3n) is 5.14. The minimum Gasteiger partial charge on any atom is -0.341 e. The van der Waals surface area contributed by atoms with E-state index in [1.165, 1.54) is 50.5 Å². The molecule has 0 radical (unpaired) electrons. The van der Waals surface area contributed by atoms with Gasteiger partial charge in [0.25, 0.3) is 0 Å². The van der Waals surface area contributed by atoms with E-state index in [1.54, 1.807) is 0 Å². The Morgan fingerprint density at radius 2 is 1.15 bits per heavy atom. The normalized spacial score (nSPS) is 15.9. The zero-order valence-electron chi connectivity index (χ0n) is 15.8. The molecule has 26 heavy (non-hydrogen) atoms. The molecule has 2 aromatic rings. The van der Waals surface area contributed by atoms with Crippen LogP contribution in [0.5, 0.6) is 0 Å². The highest BCUT2D eigenvalue weighted by atomic mass is 15.3. The summed E-state index contributed by atoms with van der Waals surface area (Å²) < 4.78 is 0. The Kier molecular flexibility index (Phi) is 7.50. The fourth-order valence-electron chi connectivity index (χ4n) is 3.63. The van der Waals surface area contributed by atoms with Crippen molar-refractivity contribution < 1.29 is 0 Å². The maximum absolute atomic E-state index is 5.62. The first-order chi connectivity index (χ1) is 12.9. The van der Waals surface area contributed by atoms with Crippen molar-refractivity contribution in [2.24, 2.45) is 5.73 Å². The van der Waals surface area contributed by atoms with E-state index in [1.807, 2.05) is 0 Å². The molecule has 0 aromatic heterocycles. The summed E-state index contributed by atoms with van der Waals surface area (Å²) in [5.74, 6) is 0. The topological polar surface area (TPSA) is 35.7 Å². The molecule has 0 unspecified atom stereocenters. The van der Waals surface area contributed by atoms with Crippen LogP contribution in [-0.4, -0.2) is 62.2 Å². The summed E-state index contributed by atoms with van der Waals surface area (Å²) in [7, 11) is 0. The Balaban J connectivity index is 1.50. The van der Waals surface area contributed by atoms with E-state index in [2.05, 4.69) is 75.4 Å². The number of piperazine rings is 1. The van der Waals surface area contributed by atoms with Gasteiger partial charge in [-0.25, -0.2) is 0 Å². The van der Waals surface area contributed by atoms with Gasteiger partial charge in [0.1, 0.15) is 0 Å². The predicted octanol–water partition coefficient (Wildman–Crippen LogP) is 3.18. The zero-order valence-corrected chi connectivity index (χ0v) is 15.8. The minimum absolute atomic E-state index is 0.801. The van der Waals surface area contributed by atoms with Crippen molar-refractivity contribution in [3.63, 3.8) is 0 Å². The van der Waals surface area contributed by atoms with E-state index in [9.17, 15) is 0 Å². The van der Waals surface area contributed by atoms with Gasteiger partial charge in [0.05, 0.1) is 0 Å². The van der Waals surface area contributed by atoms with Crippen molar-refractivity contribution in [3.05, 3.63) is 60.7 Å².